The van der Waals surface area contributed by atoms with Crippen molar-refractivity contribution in [2.45, 2.75) is 13.1 Å². The van der Waals surface area contributed by atoms with Gasteiger partial charge in [-0.05, 0) is 6.92 Å². The molecule has 0 bridgehead atoms. The molecule has 7 heavy (non-hydrogen) atoms. The summed E-state index contributed by atoms with van der Waals surface area (Å²) in [6, 6.07) is 0. The van der Waals surface area contributed by atoms with Crippen LogP contribution in [0.1, 0.15) is 6.92 Å². The minimum atomic E-state index is -1.31. The molecule has 4 nitrogen and oxygen atoms in total. The molecular weight excluding hydrogens is 116 g/mol. The highest BCUT2D eigenvalue weighted by atomic mass is 32.2. The highest BCUT2D eigenvalue weighted by Gasteiger charge is 2.14. The van der Waals surface area contributed by atoms with Gasteiger partial charge in [-0.25, -0.2) is 4.21 Å². The second-order valence-corrected chi connectivity index (χ2v) is 2.15. The van der Waals surface area contributed by atoms with Gasteiger partial charge in [0.1, 0.15) is 0 Å². The minimum Gasteiger partial charge on any atom is -0.210 e. The highest BCUT2D eigenvalue weighted by molar-refractivity contribution is 7.78. The molecule has 0 amide bonds. The molecule has 42 valence electrons. The third-order valence-electron chi connectivity index (χ3n) is 0.574. The molecule has 0 aromatic carbocycles. The fraction of sp³-hybridized carbons (Fsp3) is 1.00. The smallest absolute Gasteiger partial charge is 0.210 e. The van der Waals surface area contributed by atoms with Gasteiger partial charge in [0.2, 0.25) is 0 Å². The first kappa shape index (κ1) is 5.17. The molecule has 0 radical (unpaired) electrons. The predicted octanol–water partition coefficient (Wildman–Crippen LogP) is -0.965. The Kier molecular flexibility index (Phi) is 1.38. The zero-order valence-corrected chi connectivity index (χ0v) is 4.62. The summed E-state index contributed by atoms with van der Waals surface area (Å²) in [6.45, 7) is 1.81. The molecule has 0 aliphatic carbocycles. The molecule has 0 spiro atoms. The van der Waals surface area contributed by atoms with Crippen molar-refractivity contribution in [1.29, 1.82) is 0 Å². The van der Waals surface area contributed by atoms with E-state index in [0.29, 0.717) is 0 Å². The summed E-state index contributed by atoms with van der Waals surface area (Å²) in [4.78, 5) is 0. The van der Waals surface area contributed by atoms with Crippen molar-refractivity contribution < 1.29 is 8.49 Å². The topological polar surface area (TPSA) is 50.4 Å². The van der Waals surface area contributed by atoms with Crippen molar-refractivity contribution in [1.82, 2.24) is 10.2 Å². The first-order valence-electron chi connectivity index (χ1n) is 1.90. The van der Waals surface area contributed by atoms with Crippen molar-refractivity contribution in [3.05, 3.63) is 0 Å². The molecule has 2 atom stereocenters. The molecule has 1 rings (SSSR count). The van der Waals surface area contributed by atoms with E-state index in [4.69, 9.17) is 0 Å². The van der Waals surface area contributed by atoms with Crippen LogP contribution >= 0.6 is 0 Å². The van der Waals surface area contributed by atoms with E-state index in [-0.39, 0.29) is 6.17 Å². The lowest BCUT2D eigenvalue weighted by Crippen LogP contribution is -2.26. The van der Waals surface area contributed by atoms with E-state index in [9.17, 15) is 4.21 Å². The molecule has 0 aromatic heterocycles. The summed E-state index contributed by atoms with van der Waals surface area (Å²) in [5.41, 5.74) is 2.46. The Morgan fingerprint density at radius 3 is 2.71 bits per heavy atom. The third-order valence-corrected chi connectivity index (χ3v) is 1.37. The molecule has 1 heterocycles. The fourth-order valence-corrected chi connectivity index (χ4v) is 0.925. The summed E-state index contributed by atoms with van der Waals surface area (Å²) in [6.07, 6.45) is 0.000772. The van der Waals surface area contributed by atoms with E-state index in [0.717, 1.165) is 0 Å². The van der Waals surface area contributed by atoms with Crippen molar-refractivity contribution >= 4 is 11.3 Å². The number of hydrogen-bond donors (Lipinski definition) is 2. The molecule has 1 fully saturated rings. The SMILES string of the molecule is CC1NOS(=O)N1. The maximum absolute atomic E-state index is 10.2. The van der Waals surface area contributed by atoms with Crippen LogP contribution < -0.4 is 10.2 Å². The van der Waals surface area contributed by atoms with E-state index < -0.39 is 11.3 Å². The monoisotopic (exact) mass is 122 g/mol. The van der Waals surface area contributed by atoms with Crippen LogP contribution in [0.15, 0.2) is 0 Å². The summed E-state index contributed by atoms with van der Waals surface area (Å²) in [5.74, 6) is 0. The van der Waals surface area contributed by atoms with Crippen LogP contribution in [-0.2, 0) is 15.6 Å². The Morgan fingerprint density at radius 1 is 1.86 bits per heavy atom. The number of hydroxylamine groups is 1. The Bertz CT molecular complexity index is 95.7. The summed E-state index contributed by atoms with van der Waals surface area (Å²) < 4.78 is 17.1. The molecule has 1 aliphatic rings. The van der Waals surface area contributed by atoms with Crippen molar-refractivity contribution in [2.24, 2.45) is 0 Å². The normalized spacial score (nSPS) is 41.9. The Hall–Kier alpha value is 0.0300. The average Bonchev–Trinajstić information content (AvgIpc) is 1.87. The van der Waals surface area contributed by atoms with Crippen LogP contribution in [0.2, 0.25) is 0 Å². The van der Waals surface area contributed by atoms with Gasteiger partial charge >= 0.3 is 0 Å². The van der Waals surface area contributed by atoms with Gasteiger partial charge in [0, 0.05) is 0 Å². The van der Waals surface area contributed by atoms with Gasteiger partial charge in [0.15, 0.2) is 0 Å². The highest BCUT2D eigenvalue weighted by Crippen LogP contribution is 1.88. The lowest BCUT2D eigenvalue weighted by Gasteiger charge is -1.90. The molecular formula is C2H6N2O2S. The number of rotatable bonds is 0. The van der Waals surface area contributed by atoms with Gasteiger partial charge in [-0.15, -0.1) is 0 Å². The predicted molar refractivity (Wildman–Crippen MR) is 25.0 cm³/mol. The van der Waals surface area contributed by atoms with Crippen molar-refractivity contribution in [3.8, 4) is 0 Å². The molecule has 1 saturated heterocycles. The standard InChI is InChI=1S/C2H6N2O2S/c1-2-3-6-7(5)4-2/h2-4H,1H3. The number of nitrogens with one attached hydrogen (secondary N) is 2. The van der Waals surface area contributed by atoms with Gasteiger partial charge in [0.05, 0.1) is 6.17 Å². The summed E-state index contributed by atoms with van der Waals surface area (Å²) >= 11 is -1.31. The van der Waals surface area contributed by atoms with E-state index in [2.05, 4.69) is 14.5 Å². The molecule has 1 aliphatic heterocycles. The van der Waals surface area contributed by atoms with Gasteiger partial charge in [-0.1, -0.05) is 0 Å². The van der Waals surface area contributed by atoms with Gasteiger partial charge in [0.25, 0.3) is 11.3 Å². The van der Waals surface area contributed by atoms with Crippen molar-refractivity contribution in [3.63, 3.8) is 0 Å². The molecule has 0 saturated carbocycles. The molecule has 0 aromatic rings. The summed E-state index contributed by atoms with van der Waals surface area (Å²) in [7, 11) is 0. The molecule has 5 heteroatoms. The lowest BCUT2D eigenvalue weighted by molar-refractivity contribution is 0.221. The second kappa shape index (κ2) is 1.87. The van der Waals surface area contributed by atoms with E-state index in [1.807, 2.05) is 6.92 Å². The van der Waals surface area contributed by atoms with E-state index >= 15 is 0 Å². The maximum atomic E-state index is 10.2. The van der Waals surface area contributed by atoms with E-state index in [1.165, 1.54) is 0 Å². The zero-order valence-electron chi connectivity index (χ0n) is 3.80. The van der Waals surface area contributed by atoms with Crippen molar-refractivity contribution in [2.75, 3.05) is 0 Å². The Balaban J connectivity index is 2.40. The second-order valence-electron chi connectivity index (χ2n) is 1.28. The van der Waals surface area contributed by atoms with Gasteiger partial charge in [-0.3, -0.25) is 0 Å². The van der Waals surface area contributed by atoms with Crippen LogP contribution in [0.5, 0.6) is 0 Å². The van der Waals surface area contributed by atoms with Crippen LogP contribution in [-0.4, -0.2) is 10.4 Å². The van der Waals surface area contributed by atoms with Crippen LogP contribution in [0, 0.1) is 0 Å². The van der Waals surface area contributed by atoms with Crippen LogP contribution in [0.3, 0.4) is 0 Å². The van der Waals surface area contributed by atoms with Gasteiger partial charge in [-0.2, -0.15) is 14.5 Å². The van der Waals surface area contributed by atoms with E-state index in [1.54, 1.807) is 0 Å². The summed E-state index contributed by atoms with van der Waals surface area (Å²) in [5, 5.41) is 0. The zero-order chi connectivity index (χ0) is 5.28. The Labute approximate surface area is 44.0 Å². The maximum Gasteiger partial charge on any atom is 0.253 e. The minimum absolute atomic E-state index is 0.000772. The quantitative estimate of drug-likeness (QED) is 0.435. The first-order valence-corrected chi connectivity index (χ1v) is 2.97. The third kappa shape index (κ3) is 1.20. The van der Waals surface area contributed by atoms with Crippen LogP contribution in [0.25, 0.3) is 0 Å². The Morgan fingerprint density at radius 2 is 2.57 bits per heavy atom. The molecule has 2 unspecified atom stereocenters. The van der Waals surface area contributed by atoms with Crippen LogP contribution in [0.4, 0.5) is 0 Å². The van der Waals surface area contributed by atoms with Gasteiger partial charge < -0.3 is 0 Å². The fourth-order valence-electron chi connectivity index (χ4n) is 0.308. The first-order chi connectivity index (χ1) is 3.29. The lowest BCUT2D eigenvalue weighted by atomic mass is 10.7. The average molecular weight is 122 g/mol. The molecule has 2 N–H and O–H groups in total. The largest absolute Gasteiger partial charge is 0.253 e. The number of hydrogen-bond acceptors (Lipinski definition) is 3.